The Bertz CT molecular complexity index is 366. The van der Waals surface area contributed by atoms with Crippen LogP contribution in [0, 0.1) is 11.7 Å². The monoisotopic (exact) mass is 253 g/mol. The van der Waals surface area contributed by atoms with E-state index >= 15 is 0 Å². The van der Waals surface area contributed by atoms with Crippen LogP contribution in [0.1, 0.15) is 45.7 Å². The van der Waals surface area contributed by atoms with E-state index in [1.165, 1.54) is 0 Å². The van der Waals surface area contributed by atoms with Crippen LogP contribution in [0.3, 0.4) is 0 Å². The van der Waals surface area contributed by atoms with Crippen molar-refractivity contribution in [2.45, 2.75) is 40.2 Å². The largest absolute Gasteiger partial charge is 0.490 e. The highest BCUT2D eigenvalue weighted by atomic mass is 19.1. The van der Waals surface area contributed by atoms with Crippen molar-refractivity contribution in [3.05, 3.63) is 29.6 Å². The lowest BCUT2D eigenvalue weighted by atomic mass is 10.1. The number of ether oxygens (including phenoxy) is 1. The Morgan fingerprint density at radius 3 is 2.56 bits per heavy atom. The van der Waals surface area contributed by atoms with Crippen LogP contribution >= 0.6 is 0 Å². The Kier molecular flexibility index (Phi) is 6.13. The van der Waals surface area contributed by atoms with E-state index in [2.05, 4.69) is 12.2 Å². The van der Waals surface area contributed by atoms with Crippen molar-refractivity contribution < 1.29 is 9.13 Å². The summed E-state index contributed by atoms with van der Waals surface area (Å²) < 4.78 is 19.2. The summed E-state index contributed by atoms with van der Waals surface area (Å²) in [6.07, 6.45) is 1.07. The number of rotatable bonds is 7. The van der Waals surface area contributed by atoms with Crippen molar-refractivity contribution in [1.82, 2.24) is 5.32 Å². The predicted octanol–water partition coefficient (Wildman–Crippen LogP) is 3.92. The quantitative estimate of drug-likeness (QED) is 0.795. The minimum Gasteiger partial charge on any atom is -0.490 e. The van der Waals surface area contributed by atoms with Crippen LogP contribution in [0.25, 0.3) is 0 Å². The Labute approximate surface area is 110 Å². The molecule has 18 heavy (non-hydrogen) atoms. The zero-order valence-electron chi connectivity index (χ0n) is 11.8. The van der Waals surface area contributed by atoms with E-state index in [1.807, 2.05) is 26.8 Å². The molecule has 0 aliphatic carbocycles. The molecule has 0 saturated carbocycles. The van der Waals surface area contributed by atoms with E-state index in [0.717, 1.165) is 18.5 Å². The summed E-state index contributed by atoms with van der Waals surface area (Å²) in [7, 11) is 0. The smallest absolute Gasteiger partial charge is 0.165 e. The molecular formula is C15H24FNO. The first-order valence-corrected chi connectivity index (χ1v) is 6.70. The first-order chi connectivity index (χ1) is 8.54. The normalized spacial score (nSPS) is 12.8. The zero-order chi connectivity index (χ0) is 13.5. The van der Waals surface area contributed by atoms with E-state index in [1.54, 1.807) is 12.1 Å². The van der Waals surface area contributed by atoms with E-state index in [-0.39, 0.29) is 11.9 Å². The van der Waals surface area contributed by atoms with Crippen LogP contribution in [0.5, 0.6) is 5.75 Å². The third-order valence-electron chi connectivity index (χ3n) is 2.73. The van der Waals surface area contributed by atoms with Gasteiger partial charge < -0.3 is 10.1 Å². The molecule has 1 rings (SSSR count). The maximum absolute atomic E-state index is 13.8. The maximum Gasteiger partial charge on any atom is 0.165 e. The number of hydrogen-bond donors (Lipinski definition) is 1. The first kappa shape index (κ1) is 15.0. The molecule has 0 bridgehead atoms. The molecule has 0 amide bonds. The summed E-state index contributed by atoms with van der Waals surface area (Å²) in [5.74, 6) is 0.461. The Hall–Kier alpha value is -1.09. The molecule has 0 heterocycles. The summed E-state index contributed by atoms with van der Waals surface area (Å²) in [6, 6.07) is 5.37. The zero-order valence-corrected chi connectivity index (χ0v) is 11.8. The molecule has 0 spiro atoms. The van der Waals surface area contributed by atoms with Gasteiger partial charge in [-0.3, -0.25) is 0 Å². The SMILES string of the molecule is CCCNC(C)c1ccc(OCC(C)C)c(F)c1. The first-order valence-electron chi connectivity index (χ1n) is 6.70. The van der Waals surface area contributed by atoms with E-state index in [9.17, 15) is 4.39 Å². The van der Waals surface area contributed by atoms with Gasteiger partial charge in [-0.05, 0) is 43.5 Å². The standard InChI is InChI=1S/C15H24FNO/c1-5-8-17-12(4)13-6-7-15(14(16)9-13)18-10-11(2)3/h6-7,9,11-12,17H,5,8,10H2,1-4H3. The van der Waals surface area contributed by atoms with Gasteiger partial charge in [-0.1, -0.05) is 26.8 Å². The topological polar surface area (TPSA) is 21.3 Å². The van der Waals surface area contributed by atoms with Crippen LogP contribution < -0.4 is 10.1 Å². The minimum absolute atomic E-state index is 0.165. The van der Waals surface area contributed by atoms with Crippen molar-refractivity contribution >= 4 is 0 Å². The third-order valence-corrected chi connectivity index (χ3v) is 2.73. The van der Waals surface area contributed by atoms with Gasteiger partial charge >= 0.3 is 0 Å². The second kappa shape index (κ2) is 7.37. The van der Waals surface area contributed by atoms with Gasteiger partial charge in [-0.15, -0.1) is 0 Å². The second-order valence-corrected chi connectivity index (χ2v) is 5.07. The van der Waals surface area contributed by atoms with Crippen molar-refractivity contribution in [3.8, 4) is 5.75 Å². The molecule has 1 N–H and O–H groups in total. The third kappa shape index (κ3) is 4.65. The van der Waals surface area contributed by atoms with Crippen LogP contribution in [0.15, 0.2) is 18.2 Å². The van der Waals surface area contributed by atoms with Gasteiger partial charge in [0.05, 0.1) is 6.61 Å². The molecule has 0 aromatic heterocycles. The van der Waals surface area contributed by atoms with Gasteiger partial charge in [0.15, 0.2) is 11.6 Å². The van der Waals surface area contributed by atoms with Gasteiger partial charge in [-0.25, -0.2) is 4.39 Å². The van der Waals surface area contributed by atoms with Crippen molar-refractivity contribution in [1.29, 1.82) is 0 Å². The number of benzene rings is 1. The molecule has 1 aromatic rings. The molecule has 3 heteroatoms. The molecule has 1 unspecified atom stereocenters. The summed E-state index contributed by atoms with van der Waals surface area (Å²) in [6.45, 7) is 9.72. The number of nitrogens with one attached hydrogen (secondary N) is 1. The number of halogens is 1. The van der Waals surface area contributed by atoms with Crippen LogP contribution in [0.2, 0.25) is 0 Å². The van der Waals surface area contributed by atoms with Crippen molar-refractivity contribution in [2.75, 3.05) is 13.2 Å². The fourth-order valence-corrected chi connectivity index (χ4v) is 1.64. The van der Waals surface area contributed by atoms with E-state index < -0.39 is 0 Å². The lowest BCUT2D eigenvalue weighted by Gasteiger charge is -2.15. The molecule has 0 saturated heterocycles. The molecule has 102 valence electrons. The Morgan fingerprint density at radius 2 is 2.00 bits per heavy atom. The fraction of sp³-hybridized carbons (Fsp3) is 0.600. The highest BCUT2D eigenvalue weighted by molar-refractivity contribution is 5.30. The fourth-order valence-electron chi connectivity index (χ4n) is 1.64. The summed E-state index contributed by atoms with van der Waals surface area (Å²) in [4.78, 5) is 0. The predicted molar refractivity (Wildman–Crippen MR) is 73.4 cm³/mol. The second-order valence-electron chi connectivity index (χ2n) is 5.07. The van der Waals surface area contributed by atoms with Crippen LogP contribution in [-0.4, -0.2) is 13.2 Å². The molecule has 1 aromatic carbocycles. The maximum atomic E-state index is 13.8. The van der Waals surface area contributed by atoms with Crippen molar-refractivity contribution in [2.24, 2.45) is 5.92 Å². The molecule has 0 aliphatic heterocycles. The molecule has 0 fully saturated rings. The van der Waals surface area contributed by atoms with Gasteiger partial charge in [0, 0.05) is 6.04 Å². The molecule has 0 aliphatic rings. The summed E-state index contributed by atoms with van der Waals surface area (Å²) in [5.41, 5.74) is 0.956. The molecule has 2 nitrogen and oxygen atoms in total. The minimum atomic E-state index is -0.279. The van der Waals surface area contributed by atoms with Gasteiger partial charge in [-0.2, -0.15) is 0 Å². The lowest BCUT2D eigenvalue weighted by molar-refractivity contribution is 0.259. The van der Waals surface area contributed by atoms with Gasteiger partial charge in [0.2, 0.25) is 0 Å². The summed E-state index contributed by atoms with van der Waals surface area (Å²) >= 11 is 0. The number of hydrogen-bond acceptors (Lipinski definition) is 2. The highest BCUT2D eigenvalue weighted by Crippen LogP contribution is 2.22. The highest BCUT2D eigenvalue weighted by Gasteiger charge is 2.09. The van der Waals surface area contributed by atoms with E-state index in [0.29, 0.717) is 18.3 Å². The van der Waals surface area contributed by atoms with Crippen LogP contribution in [-0.2, 0) is 0 Å². The molecule has 1 atom stereocenters. The van der Waals surface area contributed by atoms with Crippen molar-refractivity contribution in [3.63, 3.8) is 0 Å². The van der Waals surface area contributed by atoms with Crippen LogP contribution in [0.4, 0.5) is 4.39 Å². The summed E-state index contributed by atoms with van der Waals surface area (Å²) in [5, 5.41) is 3.34. The van der Waals surface area contributed by atoms with Gasteiger partial charge in [0.25, 0.3) is 0 Å². The van der Waals surface area contributed by atoms with Gasteiger partial charge in [0.1, 0.15) is 0 Å². The molecule has 0 radical (unpaired) electrons. The van der Waals surface area contributed by atoms with E-state index in [4.69, 9.17) is 4.74 Å². The molecular weight excluding hydrogens is 229 g/mol. The lowest BCUT2D eigenvalue weighted by Crippen LogP contribution is -2.19. The average molecular weight is 253 g/mol. The average Bonchev–Trinajstić information content (AvgIpc) is 2.34. The Morgan fingerprint density at radius 1 is 1.28 bits per heavy atom. The Balaban J connectivity index is 2.66.